The molecule has 2 rings (SSSR count). The quantitative estimate of drug-likeness (QED) is 0.642. The van der Waals surface area contributed by atoms with Crippen molar-refractivity contribution >= 4 is 12.0 Å². The van der Waals surface area contributed by atoms with E-state index in [1.54, 1.807) is 7.05 Å². The Kier molecular flexibility index (Phi) is 1.86. The Hall–Kier alpha value is -1.26. The summed E-state index contributed by atoms with van der Waals surface area (Å²) in [5.41, 5.74) is 0. The molecule has 2 fully saturated rings. The van der Waals surface area contributed by atoms with Crippen LogP contribution in [-0.2, 0) is 9.53 Å². The van der Waals surface area contributed by atoms with Crippen LogP contribution in [0.15, 0.2) is 0 Å². The van der Waals surface area contributed by atoms with Crippen LogP contribution in [0.4, 0.5) is 4.79 Å². The topological polar surface area (TPSA) is 58.6 Å². The molecule has 0 aromatic heterocycles. The second-order valence-electron chi connectivity index (χ2n) is 3.49. The van der Waals surface area contributed by atoms with Gasteiger partial charge in [0.05, 0.1) is 0 Å². The number of hydrogen-bond donors (Lipinski definition) is 1. The van der Waals surface area contributed by atoms with Gasteiger partial charge in [0, 0.05) is 13.1 Å². The van der Waals surface area contributed by atoms with Crippen molar-refractivity contribution in [1.29, 1.82) is 0 Å². The summed E-state index contributed by atoms with van der Waals surface area (Å²) in [6.45, 7) is 0.174. The molecule has 0 spiro atoms. The normalized spacial score (nSPS) is 27.3. The molecular formula is C8H12N2O3. The summed E-state index contributed by atoms with van der Waals surface area (Å²) in [5, 5.41) is 2.83. The highest BCUT2D eigenvalue weighted by molar-refractivity contribution is 5.88. The Bertz CT molecular complexity index is 250. The Morgan fingerprint density at radius 3 is 2.77 bits per heavy atom. The molecule has 72 valence electrons. The van der Waals surface area contributed by atoms with Gasteiger partial charge in [-0.15, -0.1) is 0 Å². The second-order valence-corrected chi connectivity index (χ2v) is 3.49. The number of hydrogen-bond acceptors (Lipinski definition) is 3. The minimum atomic E-state index is -0.437. The van der Waals surface area contributed by atoms with Crippen LogP contribution >= 0.6 is 0 Å². The van der Waals surface area contributed by atoms with E-state index in [1.807, 2.05) is 0 Å². The molecule has 0 aromatic carbocycles. The molecule has 5 heteroatoms. The fraction of sp³-hybridized carbons (Fsp3) is 0.750. The smallest absolute Gasteiger partial charge is 0.410 e. The van der Waals surface area contributed by atoms with Gasteiger partial charge in [0.15, 0.2) is 0 Å². The van der Waals surface area contributed by atoms with Crippen molar-refractivity contribution in [3.05, 3.63) is 0 Å². The number of nitrogens with zero attached hydrogens (tertiary/aromatic N) is 1. The van der Waals surface area contributed by atoms with Crippen molar-refractivity contribution < 1.29 is 14.3 Å². The largest absolute Gasteiger partial charge is 0.447 e. The SMILES string of the molecule is CN1C(=O)OC[C@H]1C(=O)NC1CC1. The van der Waals surface area contributed by atoms with Crippen LogP contribution in [0.1, 0.15) is 12.8 Å². The molecule has 2 aliphatic rings. The first-order valence-corrected chi connectivity index (χ1v) is 4.38. The third-order valence-electron chi connectivity index (χ3n) is 2.35. The number of carbonyl (C=O) groups excluding carboxylic acids is 2. The van der Waals surface area contributed by atoms with Crippen molar-refractivity contribution in [2.45, 2.75) is 24.9 Å². The maximum absolute atomic E-state index is 11.5. The molecular weight excluding hydrogens is 172 g/mol. The predicted molar refractivity (Wildman–Crippen MR) is 44.1 cm³/mol. The fourth-order valence-corrected chi connectivity index (χ4v) is 1.27. The zero-order chi connectivity index (χ0) is 9.42. The van der Waals surface area contributed by atoms with Crippen LogP contribution in [0.5, 0.6) is 0 Å². The van der Waals surface area contributed by atoms with Crippen LogP contribution < -0.4 is 5.32 Å². The van der Waals surface area contributed by atoms with E-state index in [2.05, 4.69) is 5.32 Å². The van der Waals surface area contributed by atoms with Crippen LogP contribution in [0.3, 0.4) is 0 Å². The molecule has 13 heavy (non-hydrogen) atoms. The van der Waals surface area contributed by atoms with Gasteiger partial charge in [-0.1, -0.05) is 0 Å². The maximum Gasteiger partial charge on any atom is 0.410 e. The maximum atomic E-state index is 11.5. The number of rotatable bonds is 2. The molecule has 0 unspecified atom stereocenters. The highest BCUT2D eigenvalue weighted by Crippen LogP contribution is 2.19. The monoisotopic (exact) mass is 184 g/mol. The van der Waals surface area contributed by atoms with E-state index in [4.69, 9.17) is 4.74 Å². The lowest BCUT2D eigenvalue weighted by Gasteiger charge is -2.14. The highest BCUT2D eigenvalue weighted by atomic mass is 16.6. The van der Waals surface area contributed by atoms with Crippen LogP contribution in [0, 0.1) is 0 Å². The number of cyclic esters (lactones) is 1. The number of carbonyl (C=O) groups is 2. The molecule has 1 aliphatic carbocycles. The van der Waals surface area contributed by atoms with Gasteiger partial charge in [-0.05, 0) is 12.8 Å². The van der Waals surface area contributed by atoms with Gasteiger partial charge in [0.1, 0.15) is 12.6 Å². The summed E-state index contributed by atoms with van der Waals surface area (Å²) in [6, 6.07) is -0.107. The van der Waals surface area contributed by atoms with E-state index < -0.39 is 12.1 Å². The van der Waals surface area contributed by atoms with E-state index in [0.717, 1.165) is 12.8 Å². The van der Waals surface area contributed by atoms with Gasteiger partial charge < -0.3 is 10.1 Å². The summed E-state index contributed by atoms with van der Waals surface area (Å²) >= 11 is 0. The fourth-order valence-electron chi connectivity index (χ4n) is 1.27. The summed E-state index contributed by atoms with van der Waals surface area (Å²) in [7, 11) is 1.58. The van der Waals surface area contributed by atoms with Crippen molar-refractivity contribution in [2.75, 3.05) is 13.7 Å². The summed E-state index contributed by atoms with van der Waals surface area (Å²) in [5.74, 6) is -0.101. The standard InChI is InChI=1S/C8H12N2O3/c1-10-6(4-13-8(10)12)7(11)9-5-2-3-5/h5-6H,2-4H2,1H3,(H,9,11)/t6-/m0/s1. The average Bonchev–Trinajstić information content (AvgIpc) is 2.82. The lowest BCUT2D eigenvalue weighted by molar-refractivity contribution is -0.124. The van der Waals surface area contributed by atoms with Gasteiger partial charge in [0.2, 0.25) is 5.91 Å². The van der Waals surface area contributed by atoms with E-state index in [0.29, 0.717) is 6.04 Å². The minimum absolute atomic E-state index is 0.101. The molecule has 0 bridgehead atoms. The van der Waals surface area contributed by atoms with Gasteiger partial charge in [-0.25, -0.2) is 4.79 Å². The first kappa shape index (κ1) is 8.34. The van der Waals surface area contributed by atoms with Crippen molar-refractivity contribution in [3.8, 4) is 0 Å². The van der Waals surface area contributed by atoms with E-state index in [-0.39, 0.29) is 12.5 Å². The summed E-state index contributed by atoms with van der Waals surface area (Å²) in [4.78, 5) is 23.7. The molecule has 5 nitrogen and oxygen atoms in total. The molecule has 0 radical (unpaired) electrons. The van der Waals surface area contributed by atoms with Crippen LogP contribution in [0.25, 0.3) is 0 Å². The minimum Gasteiger partial charge on any atom is -0.447 e. The number of ether oxygens (including phenoxy) is 1. The number of amides is 2. The van der Waals surface area contributed by atoms with Crippen molar-refractivity contribution in [2.24, 2.45) is 0 Å². The Balaban J connectivity index is 1.91. The second kappa shape index (κ2) is 2.90. The highest BCUT2D eigenvalue weighted by Gasteiger charge is 2.37. The first-order chi connectivity index (χ1) is 6.18. The Morgan fingerprint density at radius 2 is 2.31 bits per heavy atom. The number of likely N-dealkylation sites (N-methyl/N-ethyl adjacent to an activating group) is 1. The third kappa shape index (κ3) is 1.59. The molecule has 1 saturated carbocycles. The molecule has 1 saturated heterocycles. The Morgan fingerprint density at radius 1 is 1.62 bits per heavy atom. The average molecular weight is 184 g/mol. The molecule has 1 aliphatic heterocycles. The number of nitrogens with one attached hydrogen (secondary N) is 1. The van der Waals surface area contributed by atoms with Crippen LogP contribution in [0.2, 0.25) is 0 Å². The van der Waals surface area contributed by atoms with Gasteiger partial charge in [-0.2, -0.15) is 0 Å². The predicted octanol–water partition coefficient (Wildman–Crippen LogP) is -0.284. The van der Waals surface area contributed by atoms with Crippen molar-refractivity contribution in [3.63, 3.8) is 0 Å². The molecule has 1 N–H and O–H groups in total. The third-order valence-corrected chi connectivity index (χ3v) is 2.35. The zero-order valence-corrected chi connectivity index (χ0v) is 7.45. The van der Waals surface area contributed by atoms with Gasteiger partial charge >= 0.3 is 6.09 Å². The lowest BCUT2D eigenvalue weighted by Crippen LogP contribution is -2.44. The Labute approximate surface area is 76.0 Å². The van der Waals surface area contributed by atoms with E-state index in [1.165, 1.54) is 4.90 Å². The van der Waals surface area contributed by atoms with Gasteiger partial charge in [0.25, 0.3) is 0 Å². The van der Waals surface area contributed by atoms with E-state index >= 15 is 0 Å². The summed E-state index contributed by atoms with van der Waals surface area (Å²) in [6.07, 6.45) is 1.68. The van der Waals surface area contributed by atoms with Crippen LogP contribution in [-0.4, -0.2) is 42.6 Å². The molecule has 1 atom stereocenters. The molecule has 0 aromatic rings. The lowest BCUT2D eigenvalue weighted by atomic mass is 10.3. The first-order valence-electron chi connectivity index (χ1n) is 4.38. The summed E-state index contributed by atoms with van der Waals surface area (Å²) < 4.78 is 4.73. The zero-order valence-electron chi connectivity index (χ0n) is 7.45. The molecule has 2 amide bonds. The molecule has 1 heterocycles. The van der Waals surface area contributed by atoms with Gasteiger partial charge in [-0.3, -0.25) is 9.69 Å². The van der Waals surface area contributed by atoms with E-state index in [9.17, 15) is 9.59 Å². The van der Waals surface area contributed by atoms with Crippen molar-refractivity contribution in [1.82, 2.24) is 10.2 Å².